The maximum Gasteiger partial charge on any atom is 0.254 e. The number of ether oxygens (including phenoxy) is 1. The van der Waals surface area contributed by atoms with E-state index in [2.05, 4.69) is 30.7 Å². The minimum atomic E-state index is -0.242. The molecular formula is C20H18N6O2. The van der Waals surface area contributed by atoms with Crippen LogP contribution in [0.1, 0.15) is 34.6 Å². The second kappa shape index (κ2) is 7.83. The second-order valence-corrected chi connectivity index (χ2v) is 6.23. The zero-order chi connectivity index (χ0) is 19.3. The van der Waals surface area contributed by atoms with Gasteiger partial charge in [-0.1, -0.05) is 18.2 Å². The van der Waals surface area contributed by atoms with Crippen LogP contribution in [0.4, 0.5) is 0 Å². The molecule has 8 heteroatoms. The number of rotatable bonds is 6. The van der Waals surface area contributed by atoms with Crippen LogP contribution >= 0.6 is 0 Å². The van der Waals surface area contributed by atoms with Crippen molar-refractivity contribution in [2.45, 2.75) is 19.6 Å². The molecule has 0 spiro atoms. The number of carbonyl (C=O) groups excluding carboxylic acids is 1. The van der Waals surface area contributed by atoms with Crippen LogP contribution in [-0.2, 0) is 6.61 Å². The van der Waals surface area contributed by atoms with E-state index < -0.39 is 0 Å². The Labute approximate surface area is 161 Å². The number of benzene rings is 1. The highest BCUT2D eigenvalue weighted by molar-refractivity contribution is 6.03. The van der Waals surface area contributed by atoms with Crippen molar-refractivity contribution < 1.29 is 9.53 Å². The zero-order valence-electron chi connectivity index (χ0n) is 15.2. The molecule has 28 heavy (non-hydrogen) atoms. The van der Waals surface area contributed by atoms with Gasteiger partial charge in [-0.3, -0.25) is 9.78 Å². The molecule has 4 aromatic rings. The van der Waals surface area contributed by atoms with E-state index in [-0.39, 0.29) is 11.9 Å². The maximum absolute atomic E-state index is 12.7. The summed E-state index contributed by atoms with van der Waals surface area (Å²) in [5.74, 6) is 0.473. The van der Waals surface area contributed by atoms with E-state index in [0.29, 0.717) is 29.1 Å². The number of nitrogens with zero attached hydrogens (tertiary/aromatic N) is 4. The van der Waals surface area contributed by atoms with Crippen LogP contribution in [0, 0.1) is 0 Å². The third-order valence-corrected chi connectivity index (χ3v) is 4.29. The number of fused-ring (bicyclic) bond motifs is 1. The summed E-state index contributed by atoms with van der Waals surface area (Å²) in [6.45, 7) is 2.29. The molecule has 0 radical (unpaired) electrons. The van der Waals surface area contributed by atoms with Crippen LogP contribution in [0.3, 0.4) is 0 Å². The third kappa shape index (κ3) is 3.80. The van der Waals surface area contributed by atoms with Gasteiger partial charge in [0, 0.05) is 12.4 Å². The summed E-state index contributed by atoms with van der Waals surface area (Å²) >= 11 is 0. The number of pyridine rings is 2. The summed E-state index contributed by atoms with van der Waals surface area (Å²) in [7, 11) is 0. The quantitative estimate of drug-likeness (QED) is 0.538. The van der Waals surface area contributed by atoms with Gasteiger partial charge in [0.15, 0.2) is 0 Å². The molecule has 0 aliphatic heterocycles. The van der Waals surface area contributed by atoms with Crippen LogP contribution in [0.5, 0.6) is 5.75 Å². The molecule has 0 saturated carbocycles. The van der Waals surface area contributed by atoms with Gasteiger partial charge >= 0.3 is 0 Å². The lowest BCUT2D eigenvalue weighted by Crippen LogP contribution is -2.27. The fourth-order valence-electron chi connectivity index (χ4n) is 2.81. The molecule has 3 heterocycles. The van der Waals surface area contributed by atoms with Crippen LogP contribution in [0.2, 0.25) is 0 Å². The molecule has 0 bridgehead atoms. The van der Waals surface area contributed by atoms with E-state index >= 15 is 0 Å². The van der Waals surface area contributed by atoms with Gasteiger partial charge in [0.1, 0.15) is 17.9 Å². The van der Waals surface area contributed by atoms with Crippen LogP contribution < -0.4 is 10.1 Å². The summed E-state index contributed by atoms with van der Waals surface area (Å²) in [5.41, 5.74) is 3.05. The number of aromatic nitrogens is 5. The molecule has 0 aliphatic rings. The van der Waals surface area contributed by atoms with Gasteiger partial charge in [0.25, 0.3) is 5.91 Å². The van der Waals surface area contributed by atoms with Gasteiger partial charge in [-0.2, -0.15) is 10.3 Å². The van der Waals surface area contributed by atoms with Gasteiger partial charge < -0.3 is 10.1 Å². The first kappa shape index (κ1) is 17.6. The minimum absolute atomic E-state index is 0.221. The number of carbonyl (C=O) groups is 1. The summed E-state index contributed by atoms with van der Waals surface area (Å²) in [6, 6.07) is 14.7. The van der Waals surface area contributed by atoms with Gasteiger partial charge in [0.05, 0.1) is 17.3 Å². The van der Waals surface area contributed by atoms with E-state index in [0.717, 1.165) is 11.3 Å². The maximum atomic E-state index is 12.7. The molecule has 0 fully saturated rings. The molecule has 1 unspecified atom stereocenters. The van der Waals surface area contributed by atoms with Gasteiger partial charge in [-0.15, -0.1) is 5.10 Å². The highest BCUT2D eigenvalue weighted by Crippen LogP contribution is 2.21. The molecule has 0 saturated heterocycles. The number of H-pyrrole nitrogens is 1. The van der Waals surface area contributed by atoms with E-state index in [1.54, 1.807) is 12.3 Å². The Bertz CT molecular complexity index is 1100. The minimum Gasteiger partial charge on any atom is -0.487 e. The number of hydrogen-bond acceptors (Lipinski definition) is 6. The Morgan fingerprint density at radius 2 is 2.04 bits per heavy atom. The molecule has 2 N–H and O–H groups in total. The first-order chi connectivity index (χ1) is 13.7. The van der Waals surface area contributed by atoms with Crippen LogP contribution in [-0.4, -0.2) is 31.3 Å². The molecule has 0 aliphatic carbocycles. The Morgan fingerprint density at radius 1 is 1.11 bits per heavy atom. The third-order valence-electron chi connectivity index (χ3n) is 4.29. The number of aromatic amines is 1. The Morgan fingerprint density at radius 3 is 2.89 bits per heavy atom. The summed E-state index contributed by atoms with van der Waals surface area (Å²) in [5, 5.41) is 13.4. The van der Waals surface area contributed by atoms with Crippen LogP contribution in [0.15, 0.2) is 60.9 Å². The molecule has 1 atom stereocenters. The van der Waals surface area contributed by atoms with Crippen molar-refractivity contribution in [1.82, 2.24) is 30.7 Å². The smallest absolute Gasteiger partial charge is 0.254 e. The van der Waals surface area contributed by atoms with Crippen molar-refractivity contribution in [2.75, 3.05) is 0 Å². The zero-order valence-corrected chi connectivity index (χ0v) is 15.2. The van der Waals surface area contributed by atoms with E-state index in [9.17, 15) is 4.79 Å². The predicted molar refractivity (Wildman–Crippen MR) is 103 cm³/mol. The molecular weight excluding hydrogens is 356 g/mol. The average Bonchev–Trinajstić information content (AvgIpc) is 3.22. The normalized spacial score (nSPS) is 11.9. The van der Waals surface area contributed by atoms with E-state index in [1.807, 2.05) is 49.4 Å². The van der Waals surface area contributed by atoms with E-state index in [4.69, 9.17) is 4.74 Å². The second-order valence-electron chi connectivity index (χ2n) is 6.23. The van der Waals surface area contributed by atoms with E-state index in [1.165, 1.54) is 6.20 Å². The molecule has 1 amide bonds. The standard InChI is InChI=1S/C20H18N6O2/c1-13(23-20(27)17-8-10-22-19-18(17)24-26-25-19)14-5-4-7-16(11-14)28-12-15-6-2-3-9-21-15/h2-11,13H,12H2,1H3,(H,23,27)(H,22,24,25,26). The van der Waals surface area contributed by atoms with Gasteiger partial charge in [-0.25, -0.2) is 4.98 Å². The van der Waals surface area contributed by atoms with Crippen molar-refractivity contribution in [3.8, 4) is 5.75 Å². The van der Waals surface area contributed by atoms with Gasteiger partial charge in [-0.05, 0) is 42.8 Å². The van der Waals surface area contributed by atoms with Gasteiger partial charge in [0.2, 0.25) is 5.65 Å². The highest BCUT2D eigenvalue weighted by Gasteiger charge is 2.16. The fraction of sp³-hybridized carbons (Fsp3) is 0.150. The molecule has 4 rings (SSSR count). The number of hydrogen-bond donors (Lipinski definition) is 2. The summed E-state index contributed by atoms with van der Waals surface area (Å²) in [6.07, 6.45) is 3.27. The van der Waals surface area contributed by atoms with Crippen molar-refractivity contribution in [3.63, 3.8) is 0 Å². The summed E-state index contributed by atoms with van der Waals surface area (Å²) < 4.78 is 5.81. The largest absolute Gasteiger partial charge is 0.487 e. The molecule has 3 aromatic heterocycles. The summed E-state index contributed by atoms with van der Waals surface area (Å²) in [4.78, 5) is 21.0. The number of nitrogens with one attached hydrogen (secondary N) is 2. The monoisotopic (exact) mass is 374 g/mol. The van der Waals surface area contributed by atoms with Crippen molar-refractivity contribution in [1.29, 1.82) is 0 Å². The first-order valence-electron chi connectivity index (χ1n) is 8.80. The van der Waals surface area contributed by atoms with Crippen molar-refractivity contribution >= 4 is 17.1 Å². The van der Waals surface area contributed by atoms with Crippen molar-refractivity contribution in [3.05, 3.63) is 77.7 Å². The average molecular weight is 374 g/mol. The lowest BCUT2D eigenvalue weighted by Gasteiger charge is -2.16. The Kier molecular flexibility index (Phi) is 4.92. The fourth-order valence-corrected chi connectivity index (χ4v) is 2.81. The van der Waals surface area contributed by atoms with Crippen molar-refractivity contribution in [2.24, 2.45) is 0 Å². The topological polar surface area (TPSA) is 106 Å². The van der Waals surface area contributed by atoms with Crippen LogP contribution in [0.25, 0.3) is 11.2 Å². The Hall–Kier alpha value is -3.81. The Balaban J connectivity index is 1.45. The lowest BCUT2D eigenvalue weighted by atomic mass is 10.1. The number of amides is 1. The SMILES string of the molecule is CC(NC(=O)c1ccnc2n[nH]nc12)c1cccc(OCc2ccccn2)c1. The molecule has 140 valence electrons. The first-order valence-corrected chi connectivity index (χ1v) is 8.80. The molecule has 8 nitrogen and oxygen atoms in total. The predicted octanol–water partition coefficient (Wildman–Crippen LogP) is 2.82. The lowest BCUT2D eigenvalue weighted by molar-refractivity contribution is 0.0941. The molecule has 1 aromatic carbocycles. The highest BCUT2D eigenvalue weighted by atomic mass is 16.5.